The standard InChI is InChI=1S/C24H25N5O.ClH/c1-3-19-9-4-5-12-29(19)24(30)21-15-26-23-20(11-10-16(2)27-23)22(21)28-18-8-6-7-17(13-18)14-25;/h6-8,10-11,13,15,19H,3-5,9,12H2,1-2H3,(H,26,27,28);1H. The minimum Gasteiger partial charge on any atom is -0.354 e. The number of piperidine rings is 1. The first-order valence-electron chi connectivity index (χ1n) is 10.4. The number of nitrogens with one attached hydrogen (secondary N) is 1. The highest BCUT2D eigenvalue weighted by Crippen LogP contribution is 2.31. The van der Waals surface area contributed by atoms with Gasteiger partial charge in [0.1, 0.15) is 0 Å². The Bertz CT molecular complexity index is 1140. The summed E-state index contributed by atoms with van der Waals surface area (Å²) in [6.07, 6.45) is 5.80. The van der Waals surface area contributed by atoms with Crippen LogP contribution in [0.1, 0.15) is 54.2 Å². The molecule has 0 saturated carbocycles. The van der Waals surface area contributed by atoms with Gasteiger partial charge in [0, 0.05) is 35.6 Å². The third kappa shape index (κ3) is 4.62. The van der Waals surface area contributed by atoms with Crippen molar-refractivity contribution in [3.8, 4) is 6.07 Å². The molecule has 160 valence electrons. The van der Waals surface area contributed by atoms with Gasteiger partial charge in [-0.05, 0) is 62.9 Å². The predicted octanol–water partition coefficient (Wildman–Crippen LogP) is 5.38. The Balaban J connectivity index is 0.00000272. The van der Waals surface area contributed by atoms with Crippen molar-refractivity contribution in [2.75, 3.05) is 11.9 Å². The van der Waals surface area contributed by atoms with Crippen molar-refractivity contribution in [1.29, 1.82) is 5.26 Å². The van der Waals surface area contributed by atoms with Gasteiger partial charge in [0.15, 0.2) is 5.65 Å². The summed E-state index contributed by atoms with van der Waals surface area (Å²) in [5.41, 5.74) is 4.00. The summed E-state index contributed by atoms with van der Waals surface area (Å²) < 4.78 is 0. The first-order chi connectivity index (χ1) is 14.6. The molecule has 1 fully saturated rings. The number of carbonyl (C=O) groups is 1. The van der Waals surface area contributed by atoms with Crippen LogP contribution in [-0.4, -0.2) is 33.4 Å². The van der Waals surface area contributed by atoms with Crippen molar-refractivity contribution in [3.63, 3.8) is 0 Å². The molecule has 0 radical (unpaired) electrons. The van der Waals surface area contributed by atoms with Crippen LogP contribution in [0.25, 0.3) is 11.0 Å². The summed E-state index contributed by atoms with van der Waals surface area (Å²) >= 11 is 0. The lowest BCUT2D eigenvalue weighted by molar-refractivity contribution is 0.0609. The zero-order valence-corrected chi connectivity index (χ0v) is 18.6. The molecule has 1 aromatic carbocycles. The van der Waals surface area contributed by atoms with Crippen molar-refractivity contribution in [3.05, 3.63) is 59.4 Å². The molecule has 1 saturated heterocycles. The van der Waals surface area contributed by atoms with Gasteiger partial charge in [-0.1, -0.05) is 13.0 Å². The van der Waals surface area contributed by atoms with Gasteiger partial charge in [0.2, 0.25) is 0 Å². The van der Waals surface area contributed by atoms with Crippen molar-refractivity contribution < 1.29 is 4.79 Å². The largest absolute Gasteiger partial charge is 0.354 e. The second-order valence-corrected chi connectivity index (χ2v) is 7.74. The Morgan fingerprint density at radius 1 is 1.29 bits per heavy atom. The van der Waals surface area contributed by atoms with E-state index in [0.29, 0.717) is 22.5 Å². The number of pyridine rings is 2. The fourth-order valence-corrected chi connectivity index (χ4v) is 4.13. The number of nitrogens with zero attached hydrogens (tertiary/aromatic N) is 4. The van der Waals surface area contributed by atoms with Crippen LogP contribution in [0.2, 0.25) is 0 Å². The van der Waals surface area contributed by atoms with E-state index in [2.05, 4.69) is 28.3 Å². The summed E-state index contributed by atoms with van der Waals surface area (Å²) in [6.45, 7) is 4.82. The topological polar surface area (TPSA) is 81.9 Å². The maximum atomic E-state index is 13.6. The molecular formula is C24H26ClN5O. The SMILES string of the molecule is CCC1CCCCN1C(=O)c1cnc2nc(C)ccc2c1Nc1cccc(C#N)c1.Cl. The molecule has 3 aromatic rings. The molecule has 1 amide bonds. The van der Waals surface area contributed by atoms with E-state index < -0.39 is 0 Å². The van der Waals surface area contributed by atoms with Gasteiger partial charge >= 0.3 is 0 Å². The number of likely N-dealkylation sites (tertiary alicyclic amines) is 1. The van der Waals surface area contributed by atoms with Gasteiger partial charge in [-0.15, -0.1) is 12.4 Å². The first-order valence-corrected chi connectivity index (χ1v) is 10.4. The average molecular weight is 436 g/mol. The normalized spacial score (nSPS) is 15.8. The van der Waals surface area contributed by atoms with E-state index in [1.807, 2.05) is 36.1 Å². The first kappa shape index (κ1) is 22.5. The lowest BCUT2D eigenvalue weighted by Crippen LogP contribution is -2.43. The highest BCUT2D eigenvalue weighted by atomic mass is 35.5. The van der Waals surface area contributed by atoms with Crippen LogP contribution in [-0.2, 0) is 0 Å². The Morgan fingerprint density at radius 2 is 2.13 bits per heavy atom. The lowest BCUT2D eigenvalue weighted by atomic mass is 9.98. The van der Waals surface area contributed by atoms with Crippen LogP contribution in [0.5, 0.6) is 0 Å². The molecule has 1 atom stereocenters. The summed E-state index contributed by atoms with van der Waals surface area (Å²) in [5.74, 6) is -0.00420. The summed E-state index contributed by atoms with van der Waals surface area (Å²) in [7, 11) is 0. The summed E-state index contributed by atoms with van der Waals surface area (Å²) in [6, 6.07) is 13.5. The fourth-order valence-electron chi connectivity index (χ4n) is 4.13. The van der Waals surface area contributed by atoms with Gasteiger partial charge in [-0.3, -0.25) is 4.79 Å². The van der Waals surface area contributed by atoms with Crippen LogP contribution in [0, 0.1) is 18.3 Å². The van der Waals surface area contributed by atoms with Crippen LogP contribution in [0.3, 0.4) is 0 Å². The molecule has 6 nitrogen and oxygen atoms in total. The van der Waals surface area contributed by atoms with Crippen LogP contribution >= 0.6 is 12.4 Å². The number of hydrogen-bond acceptors (Lipinski definition) is 5. The molecule has 1 aliphatic heterocycles. The molecule has 1 aliphatic rings. The molecule has 0 spiro atoms. The number of hydrogen-bond donors (Lipinski definition) is 1. The Hall–Kier alpha value is -3.17. The van der Waals surface area contributed by atoms with E-state index in [-0.39, 0.29) is 24.4 Å². The number of anilines is 2. The number of aromatic nitrogens is 2. The highest BCUT2D eigenvalue weighted by molar-refractivity contribution is 6.07. The molecule has 4 rings (SSSR count). The Morgan fingerprint density at radius 3 is 2.90 bits per heavy atom. The summed E-state index contributed by atoms with van der Waals surface area (Å²) in [4.78, 5) is 24.6. The predicted molar refractivity (Wildman–Crippen MR) is 125 cm³/mol. The van der Waals surface area contributed by atoms with E-state index in [9.17, 15) is 10.1 Å². The van der Waals surface area contributed by atoms with Crippen molar-refractivity contribution >= 4 is 40.7 Å². The van der Waals surface area contributed by atoms with E-state index in [1.54, 1.807) is 18.3 Å². The number of nitriles is 1. The minimum absolute atomic E-state index is 0. The molecule has 31 heavy (non-hydrogen) atoms. The maximum Gasteiger partial charge on any atom is 0.257 e. The molecule has 1 unspecified atom stereocenters. The summed E-state index contributed by atoms with van der Waals surface area (Å²) in [5, 5.41) is 13.4. The lowest BCUT2D eigenvalue weighted by Gasteiger charge is -2.35. The number of fused-ring (bicyclic) bond motifs is 1. The Kier molecular flexibility index (Phi) is 7.09. The minimum atomic E-state index is -0.00420. The van der Waals surface area contributed by atoms with Gasteiger partial charge in [0.05, 0.1) is 22.9 Å². The molecule has 0 bridgehead atoms. The third-order valence-electron chi connectivity index (χ3n) is 5.72. The monoisotopic (exact) mass is 435 g/mol. The number of benzene rings is 1. The number of carbonyl (C=O) groups excluding carboxylic acids is 1. The zero-order valence-electron chi connectivity index (χ0n) is 17.8. The second-order valence-electron chi connectivity index (χ2n) is 7.74. The number of amides is 1. The van der Waals surface area contributed by atoms with Crippen molar-refractivity contribution in [2.24, 2.45) is 0 Å². The van der Waals surface area contributed by atoms with Crippen LogP contribution in [0.4, 0.5) is 11.4 Å². The van der Waals surface area contributed by atoms with Gasteiger partial charge in [-0.25, -0.2) is 9.97 Å². The van der Waals surface area contributed by atoms with Gasteiger partial charge in [0.25, 0.3) is 5.91 Å². The van der Waals surface area contributed by atoms with Crippen LogP contribution in [0.15, 0.2) is 42.6 Å². The molecule has 7 heteroatoms. The second kappa shape index (κ2) is 9.76. The van der Waals surface area contributed by atoms with E-state index in [0.717, 1.165) is 49.0 Å². The van der Waals surface area contributed by atoms with Crippen molar-refractivity contribution in [1.82, 2.24) is 14.9 Å². The number of aryl methyl sites for hydroxylation is 1. The maximum absolute atomic E-state index is 13.6. The van der Waals surface area contributed by atoms with Gasteiger partial charge < -0.3 is 10.2 Å². The van der Waals surface area contributed by atoms with E-state index >= 15 is 0 Å². The molecular weight excluding hydrogens is 410 g/mol. The van der Waals surface area contributed by atoms with E-state index in [1.165, 1.54) is 0 Å². The molecule has 3 heterocycles. The number of rotatable bonds is 4. The van der Waals surface area contributed by atoms with Crippen molar-refractivity contribution in [2.45, 2.75) is 45.6 Å². The zero-order chi connectivity index (χ0) is 21.1. The smallest absolute Gasteiger partial charge is 0.257 e. The Labute approximate surface area is 188 Å². The highest BCUT2D eigenvalue weighted by Gasteiger charge is 2.28. The average Bonchev–Trinajstić information content (AvgIpc) is 2.78. The molecule has 2 aromatic heterocycles. The third-order valence-corrected chi connectivity index (χ3v) is 5.72. The van der Waals surface area contributed by atoms with E-state index in [4.69, 9.17) is 0 Å². The quantitative estimate of drug-likeness (QED) is 0.594. The molecule has 0 aliphatic carbocycles. The van der Waals surface area contributed by atoms with Crippen LogP contribution < -0.4 is 5.32 Å². The molecule has 1 N–H and O–H groups in total. The fraction of sp³-hybridized carbons (Fsp3) is 0.333. The number of halogens is 1. The van der Waals surface area contributed by atoms with Gasteiger partial charge in [-0.2, -0.15) is 5.26 Å².